The van der Waals surface area contributed by atoms with Crippen molar-refractivity contribution in [1.29, 1.82) is 0 Å². The van der Waals surface area contributed by atoms with Gasteiger partial charge in [-0.15, -0.1) is 23.2 Å². The van der Waals surface area contributed by atoms with Crippen LogP contribution in [0.15, 0.2) is 18.2 Å². The van der Waals surface area contributed by atoms with Gasteiger partial charge in [0.1, 0.15) is 4.84 Å². The molecule has 0 heterocycles. The second-order valence-electron chi connectivity index (χ2n) is 2.53. The lowest BCUT2D eigenvalue weighted by Crippen LogP contribution is -2.00. The van der Waals surface area contributed by atoms with E-state index in [0.717, 1.165) is 0 Å². The van der Waals surface area contributed by atoms with Crippen LogP contribution in [-0.2, 0) is 3.79 Å². The third-order valence-corrected chi connectivity index (χ3v) is 3.02. The minimum atomic E-state index is -1.49. The summed E-state index contributed by atoms with van der Waals surface area (Å²) in [5.41, 5.74) is 1.07. The van der Waals surface area contributed by atoms with Crippen LogP contribution < -0.4 is 0 Å². The van der Waals surface area contributed by atoms with Crippen molar-refractivity contribution in [2.75, 3.05) is 0 Å². The van der Waals surface area contributed by atoms with Crippen molar-refractivity contribution in [2.24, 2.45) is 0 Å². The molecule has 0 aliphatic carbocycles. The summed E-state index contributed by atoms with van der Waals surface area (Å²) in [5.74, 6) is 0. The third-order valence-electron chi connectivity index (χ3n) is 1.56. The zero-order chi connectivity index (χ0) is 10.9. The van der Waals surface area contributed by atoms with E-state index in [1.807, 2.05) is 0 Å². The van der Waals surface area contributed by atoms with Crippen molar-refractivity contribution >= 4 is 69.6 Å². The summed E-state index contributed by atoms with van der Waals surface area (Å²) < 4.78 is -1.49. The van der Waals surface area contributed by atoms with E-state index < -0.39 is 8.63 Å². The van der Waals surface area contributed by atoms with Crippen molar-refractivity contribution in [2.45, 2.75) is 8.63 Å². The van der Waals surface area contributed by atoms with E-state index in [9.17, 15) is 0 Å². The summed E-state index contributed by atoms with van der Waals surface area (Å²) in [6.07, 6.45) is 0. The molecule has 1 aromatic carbocycles. The summed E-state index contributed by atoms with van der Waals surface area (Å²) >= 11 is 34.2. The fraction of sp³-hybridized carbons (Fsp3) is 0.250. The van der Waals surface area contributed by atoms with Crippen LogP contribution in [0.3, 0.4) is 0 Å². The number of hydrogen-bond acceptors (Lipinski definition) is 0. The Morgan fingerprint density at radius 2 is 1.64 bits per heavy atom. The van der Waals surface area contributed by atoms with Gasteiger partial charge in [-0.2, -0.15) is 0 Å². The Labute approximate surface area is 112 Å². The molecule has 0 spiro atoms. The van der Waals surface area contributed by atoms with Gasteiger partial charge in [-0.1, -0.05) is 58.5 Å². The Morgan fingerprint density at radius 1 is 1.07 bits per heavy atom. The lowest BCUT2D eigenvalue weighted by molar-refractivity contribution is 1.22. The minimum Gasteiger partial charge on any atom is -0.100 e. The van der Waals surface area contributed by atoms with Crippen molar-refractivity contribution in [1.82, 2.24) is 0 Å². The highest BCUT2D eigenvalue weighted by Gasteiger charge is 2.24. The van der Waals surface area contributed by atoms with E-state index in [0.29, 0.717) is 16.1 Å². The first-order chi connectivity index (χ1) is 6.32. The predicted molar refractivity (Wildman–Crippen MR) is 65.1 cm³/mol. The summed E-state index contributed by atoms with van der Waals surface area (Å²) in [4.78, 5) is -0.688. The Morgan fingerprint density at radius 3 is 2.00 bits per heavy atom. The molecule has 0 fully saturated rings. The molecule has 1 rings (SSSR count). The molecule has 0 saturated heterocycles. The SMILES string of the molecule is Clc1cc(C(Cl)(Cl)Cl)ccc1C(Cl)Cl. The highest BCUT2D eigenvalue weighted by atomic mass is 35.6. The first kappa shape index (κ1) is 13.0. The van der Waals surface area contributed by atoms with Gasteiger partial charge in [-0.3, -0.25) is 0 Å². The molecule has 14 heavy (non-hydrogen) atoms. The minimum absolute atomic E-state index is 0.379. The van der Waals surface area contributed by atoms with Crippen molar-refractivity contribution < 1.29 is 0 Å². The summed E-state index contributed by atoms with van der Waals surface area (Å²) in [5, 5.41) is 0.379. The molecule has 0 atom stereocenters. The van der Waals surface area contributed by atoms with Crippen molar-refractivity contribution in [3.8, 4) is 0 Å². The molecule has 0 saturated carbocycles. The van der Waals surface area contributed by atoms with Gasteiger partial charge in [-0.05, 0) is 6.07 Å². The van der Waals surface area contributed by atoms with E-state index in [2.05, 4.69) is 0 Å². The number of hydrogen-bond donors (Lipinski definition) is 0. The van der Waals surface area contributed by atoms with E-state index in [4.69, 9.17) is 69.6 Å². The van der Waals surface area contributed by atoms with Crippen LogP contribution in [0, 0.1) is 0 Å². The standard InChI is InChI=1S/C8H4Cl6/c9-6-3-4(8(12,13)14)1-2-5(6)7(10)11/h1-3,7H. The molecule has 0 aliphatic heterocycles. The number of benzene rings is 1. The molecule has 1 aromatic rings. The van der Waals surface area contributed by atoms with E-state index >= 15 is 0 Å². The molecule has 6 heteroatoms. The maximum atomic E-state index is 5.89. The van der Waals surface area contributed by atoms with Gasteiger partial charge in [0.05, 0.1) is 0 Å². The van der Waals surface area contributed by atoms with Gasteiger partial charge < -0.3 is 0 Å². The Bertz CT molecular complexity index is 327. The molecule has 0 bridgehead atoms. The van der Waals surface area contributed by atoms with Crippen LogP contribution >= 0.6 is 69.6 Å². The van der Waals surface area contributed by atoms with Crippen molar-refractivity contribution in [3.05, 3.63) is 34.3 Å². The zero-order valence-corrected chi connectivity index (χ0v) is 11.1. The van der Waals surface area contributed by atoms with E-state index in [-0.39, 0.29) is 0 Å². The van der Waals surface area contributed by atoms with E-state index in [1.165, 1.54) is 6.07 Å². The fourth-order valence-electron chi connectivity index (χ4n) is 0.880. The molecule has 0 aliphatic rings. The smallest absolute Gasteiger partial charge is 0.100 e. The van der Waals surface area contributed by atoms with Gasteiger partial charge in [-0.25, -0.2) is 0 Å². The van der Waals surface area contributed by atoms with Gasteiger partial charge in [0.15, 0.2) is 0 Å². The highest BCUT2D eigenvalue weighted by Crippen LogP contribution is 2.41. The lowest BCUT2D eigenvalue weighted by Gasteiger charge is -2.13. The van der Waals surface area contributed by atoms with Crippen molar-refractivity contribution in [3.63, 3.8) is 0 Å². The maximum absolute atomic E-state index is 5.89. The van der Waals surface area contributed by atoms with Gasteiger partial charge in [0, 0.05) is 16.1 Å². The van der Waals surface area contributed by atoms with Crippen LogP contribution in [0.2, 0.25) is 5.02 Å². The Kier molecular flexibility index (Phi) is 4.52. The topological polar surface area (TPSA) is 0 Å². The first-order valence-corrected chi connectivity index (χ1v) is 5.85. The monoisotopic (exact) mass is 310 g/mol. The van der Waals surface area contributed by atoms with Crippen LogP contribution in [0.1, 0.15) is 16.0 Å². The Hall–Kier alpha value is 0.960. The van der Waals surface area contributed by atoms with E-state index in [1.54, 1.807) is 12.1 Å². The second-order valence-corrected chi connectivity index (χ2v) is 6.32. The number of halogens is 6. The molecule has 0 N–H and O–H groups in total. The zero-order valence-electron chi connectivity index (χ0n) is 6.58. The number of alkyl halides is 5. The molecule has 0 nitrogen and oxygen atoms in total. The maximum Gasteiger partial charge on any atom is 0.216 e. The average Bonchev–Trinajstić information content (AvgIpc) is 2.01. The summed E-state index contributed by atoms with van der Waals surface area (Å²) in [7, 11) is 0. The summed E-state index contributed by atoms with van der Waals surface area (Å²) in [6, 6.07) is 4.78. The van der Waals surface area contributed by atoms with Crippen LogP contribution in [-0.4, -0.2) is 0 Å². The molecular weight excluding hydrogens is 309 g/mol. The van der Waals surface area contributed by atoms with Crippen LogP contribution in [0.4, 0.5) is 0 Å². The second kappa shape index (κ2) is 4.86. The molecule has 0 unspecified atom stereocenters. The summed E-state index contributed by atoms with van der Waals surface area (Å²) in [6.45, 7) is 0. The highest BCUT2D eigenvalue weighted by molar-refractivity contribution is 6.66. The van der Waals surface area contributed by atoms with Crippen LogP contribution in [0.25, 0.3) is 0 Å². The van der Waals surface area contributed by atoms with Gasteiger partial charge in [0.25, 0.3) is 0 Å². The Balaban J connectivity index is 3.13. The molecule has 0 radical (unpaired) electrons. The molecule has 0 aromatic heterocycles. The fourth-order valence-corrected chi connectivity index (χ4v) is 2.02. The average molecular weight is 313 g/mol. The van der Waals surface area contributed by atoms with Crippen LogP contribution in [0.5, 0.6) is 0 Å². The first-order valence-electron chi connectivity index (χ1n) is 3.47. The molecular formula is C8H4Cl6. The largest absolute Gasteiger partial charge is 0.216 e. The lowest BCUT2D eigenvalue weighted by atomic mass is 10.2. The molecule has 78 valence electrons. The normalized spacial score (nSPS) is 12.2. The third kappa shape index (κ3) is 3.23. The molecule has 0 amide bonds. The number of rotatable bonds is 1. The van der Waals surface area contributed by atoms with Gasteiger partial charge >= 0.3 is 0 Å². The predicted octanol–water partition coefficient (Wildman–Crippen LogP) is 5.64. The quantitative estimate of drug-likeness (QED) is 0.588. The van der Waals surface area contributed by atoms with Gasteiger partial charge in [0.2, 0.25) is 3.79 Å².